The van der Waals surface area contributed by atoms with Crippen LogP contribution in [0, 0.1) is 0 Å². The molecule has 0 N–H and O–H groups in total. The molecule has 0 atom stereocenters. The molecule has 2 nitrogen and oxygen atoms in total. The lowest BCUT2D eigenvalue weighted by atomic mass is 10.1. The van der Waals surface area contributed by atoms with Crippen LogP contribution in [0.15, 0.2) is 6.07 Å². The number of aromatic nitrogens is 2. The molecule has 0 fully saturated rings. The molecule has 11 heteroatoms. The van der Waals surface area contributed by atoms with E-state index in [4.69, 9.17) is 0 Å². The minimum absolute atomic E-state index is 0.130. The van der Waals surface area contributed by atoms with Gasteiger partial charge in [0.15, 0.2) is 5.69 Å². The molecule has 0 saturated heterocycles. The number of halogens is 9. The minimum Gasteiger partial charge on any atom is -0.247 e. The summed E-state index contributed by atoms with van der Waals surface area (Å²) in [6.45, 7) is 1.59. The maximum absolute atomic E-state index is 12.6. The van der Waals surface area contributed by atoms with Crippen LogP contribution in [0.2, 0.25) is 0 Å². The predicted molar refractivity (Wildman–Crippen MR) is 57.0 cm³/mol. The van der Waals surface area contributed by atoms with Gasteiger partial charge in [-0.1, -0.05) is 13.3 Å². The van der Waals surface area contributed by atoms with Crippen LogP contribution in [0.1, 0.15) is 37.2 Å². The van der Waals surface area contributed by atoms with Crippen molar-refractivity contribution in [1.29, 1.82) is 0 Å². The fourth-order valence-corrected chi connectivity index (χ4v) is 1.80. The molecule has 1 aromatic rings. The Morgan fingerprint density at radius 1 is 1.00 bits per heavy atom. The molecule has 0 spiro atoms. The zero-order chi connectivity index (χ0) is 17.3. The van der Waals surface area contributed by atoms with Gasteiger partial charge in [-0.3, -0.25) is 0 Å². The monoisotopic (exact) mass is 342 g/mol. The van der Waals surface area contributed by atoms with Gasteiger partial charge in [0, 0.05) is 5.69 Å². The molecule has 0 aliphatic rings. The van der Waals surface area contributed by atoms with E-state index in [9.17, 15) is 39.5 Å². The zero-order valence-corrected chi connectivity index (χ0v) is 11.1. The largest absolute Gasteiger partial charge is 0.435 e. The van der Waals surface area contributed by atoms with Crippen molar-refractivity contribution >= 4 is 0 Å². The summed E-state index contributed by atoms with van der Waals surface area (Å²) in [5.74, 6) is 0. The van der Waals surface area contributed by atoms with Crippen LogP contribution in [0.25, 0.3) is 0 Å². The Hall–Kier alpha value is -1.42. The SMILES string of the molecule is CCCCc1cc(C(F)(F)F)nn1C(C(F)(F)F)C(F)(F)F. The highest BCUT2D eigenvalue weighted by Crippen LogP contribution is 2.44. The average Bonchev–Trinajstić information content (AvgIpc) is 2.65. The molecule has 0 aliphatic carbocycles. The van der Waals surface area contributed by atoms with Gasteiger partial charge in [0.2, 0.25) is 6.04 Å². The maximum atomic E-state index is 12.6. The van der Waals surface area contributed by atoms with Gasteiger partial charge in [-0.15, -0.1) is 0 Å². The standard InChI is InChI=1S/C11H11F9N2/c1-2-3-4-6-5-7(9(12,13)14)21-22(6)8(10(15,16)17)11(18,19)20/h5,8H,2-4H2,1H3. The Morgan fingerprint density at radius 3 is 1.86 bits per heavy atom. The van der Waals surface area contributed by atoms with Crippen molar-refractivity contribution in [3.05, 3.63) is 17.5 Å². The molecule has 0 aliphatic heterocycles. The minimum atomic E-state index is -5.81. The Morgan fingerprint density at radius 2 is 1.50 bits per heavy atom. The molecular weight excluding hydrogens is 331 g/mol. The van der Waals surface area contributed by atoms with Gasteiger partial charge < -0.3 is 0 Å². The summed E-state index contributed by atoms with van der Waals surface area (Å²) in [4.78, 5) is 0. The lowest BCUT2D eigenvalue weighted by Crippen LogP contribution is -2.40. The van der Waals surface area contributed by atoms with Gasteiger partial charge in [0.05, 0.1) is 0 Å². The van der Waals surface area contributed by atoms with Crippen LogP contribution < -0.4 is 0 Å². The van der Waals surface area contributed by atoms with Gasteiger partial charge >= 0.3 is 18.5 Å². The third-order valence-electron chi connectivity index (χ3n) is 2.75. The summed E-state index contributed by atoms with van der Waals surface area (Å²) in [5, 5.41) is 2.52. The first-order valence-electron chi connectivity index (χ1n) is 6.07. The Balaban J connectivity index is 3.43. The van der Waals surface area contributed by atoms with Crippen LogP contribution in [0.3, 0.4) is 0 Å². The predicted octanol–water partition coefficient (Wildman–Crippen LogP) is 4.91. The number of aryl methyl sites for hydroxylation is 1. The summed E-state index contributed by atoms with van der Waals surface area (Å²) in [5.41, 5.74) is -2.54. The number of hydrogen-bond donors (Lipinski definition) is 0. The quantitative estimate of drug-likeness (QED) is 0.711. The van der Waals surface area contributed by atoms with E-state index in [0.717, 1.165) is 0 Å². The average molecular weight is 342 g/mol. The molecule has 0 saturated carbocycles. The van der Waals surface area contributed by atoms with E-state index in [1.165, 1.54) is 0 Å². The third-order valence-corrected chi connectivity index (χ3v) is 2.75. The van der Waals surface area contributed by atoms with Crippen molar-refractivity contribution in [3.8, 4) is 0 Å². The topological polar surface area (TPSA) is 17.8 Å². The normalized spacial score (nSPS) is 14.0. The first kappa shape index (κ1) is 18.6. The molecule has 0 bridgehead atoms. The van der Waals surface area contributed by atoms with Gasteiger partial charge in [0.25, 0.3) is 0 Å². The first-order chi connectivity index (χ1) is 9.78. The van der Waals surface area contributed by atoms with E-state index in [1.54, 1.807) is 6.92 Å². The molecule has 0 aromatic carbocycles. The third kappa shape index (κ3) is 4.29. The molecule has 0 amide bonds. The fraction of sp³-hybridized carbons (Fsp3) is 0.727. The summed E-state index contributed by atoms with van der Waals surface area (Å²) < 4.78 is 113. The summed E-state index contributed by atoms with van der Waals surface area (Å²) in [6.07, 6.45) is -16.6. The fourth-order valence-electron chi connectivity index (χ4n) is 1.80. The van der Waals surface area contributed by atoms with Crippen LogP contribution in [-0.4, -0.2) is 22.1 Å². The number of unbranched alkanes of at least 4 members (excludes halogenated alkanes) is 1. The number of hydrogen-bond acceptors (Lipinski definition) is 1. The lowest BCUT2D eigenvalue weighted by Gasteiger charge is -2.25. The van der Waals surface area contributed by atoms with Crippen molar-refractivity contribution in [2.75, 3.05) is 0 Å². The second kappa shape index (κ2) is 5.99. The van der Waals surface area contributed by atoms with E-state index in [1.807, 2.05) is 0 Å². The molecule has 1 rings (SSSR count). The van der Waals surface area contributed by atoms with Crippen LogP contribution >= 0.6 is 0 Å². The van der Waals surface area contributed by atoms with Crippen LogP contribution in [0.4, 0.5) is 39.5 Å². The van der Waals surface area contributed by atoms with E-state index in [0.29, 0.717) is 6.42 Å². The highest BCUT2D eigenvalue weighted by atomic mass is 19.4. The van der Waals surface area contributed by atoms with Gasteiger partial charge in [-0.25, -0.2) is 4.68 Å². The highest BCUT2D eigenvalue weighted by Gasteiger charge is 2.59. The maximum Gasteiger partial charge on any atom is 0.435 e. The smallest absolute Gasteiger partial charge is 0.247 e. The van der Waals surface area contributed by atoms with E-state index in [2.05, 4.69) is 5.10 Å². The van der Waals surface area contributed by atoms with Crippen molar-refractivity contribution in [1.82, 2.24) is 9.78 Å². The second-order valence-electron chi connectivity index (χ2n) is 4.55. The van der Waals surface area contributed by atoms with E-state index < -0.39 is 40.6 Å². The van der Waals surface area contributed by atoms with Crippen molar-refractivity contribution in [2.24, 2.45) is 0 Å². The van der Waals surface area contributed by atoms with Crippen LogP contribution in [-0.2, 0) is 12.6 Å². The van der Waals surface area contributed by atoms with Gasteiger partial charge in [0.1, 0.15) is 0 Å². The molecule has 22 heavy (non-hydrogen) atoms. The molecule has 0 unspecified atom stereocenters. The zero-order valence-electron chi connectivity index (χ0n) is 11.1. The van der Waals surface area contributed by atoms with Gasteiger partial charge in [-0.2, -0.15) is 44.6 Å². The summed E-state index contributed by atoms with van der Waals surface area (Å²) in [7, 11) is 0. The van der Waals surface area contributed by atoms with Crippen molar-refractivity contribution in [3.63, 3.8) is 0 Å². The number of alkyl halides is 9. The number of nitrogens with zero attached hydrogens (tertiary/aromatic N) is 2. The highest BCUT2D eigenvalue weighted by molar-refractivity contribution is 5.15. The Labute approximate surface area is 118 Å². The van der Waals surface area contributed by atoms with Crippen molar-refractivity contribution < 1.29 is 39.5 Å². The summed E-state index contributed by atoms with van der Waals surface area (Å²) >= 11 is 0. The molecule has 1 heterocycles. The molecule has 128 valence electrons. The van der Waals surface area contributed by atoms with E-state index >= 15 is 0 Å². The first-order valence-corrected chi connectivity index (χ1v) is 6.07. The summed E-state index contributed by atoms with van der Waals surface area (Å²) in [6, 6.07) is -3.89. The van der Waals surface area contributed by atoms with Crippen LogP contribution in [0.5, 0.6) is 0 Å². The molecule has 1 aromatic heterocycles. The Bertz CT molecular complexity index is 481. The Kier molecular flexibility index (Phi) is 5.08. The molecule has 0 radical (unpaired) electrons. The lowest BCUT2D eigenvalue weighted by molar-refractivity contribution is -0.277. The van der Waals surface area contributed by atoms with Gasteiger partial charge in [-0.05, 0) is 18.9 Å². The second-order valence-corrected chi connectivity index (χ2v) is 4.55. The van der Waals surface area contributed by atoms with Crippen molar-refractivity contribution in [2.45, 2.75) is 50.8 Å². The number of rotatable bonds is 4. The molecular formula is C11H11F9N2. The van der Waals surface area contributed by atoms with E-state index in [-0.39, 0.29) is 18.9 Å².